The average Bonchev–Trinajstić information content (AvgIpc) is 2.80. The second-order valence-electron chi connectivity index (χ2n) is 4.55. The predicted octanol–water partition coefficient (Wildman–Crippen LogP) is 2.21. The molecule has 0 saturated carbocycles. The van der Waals surface area contributed by atoms with Crippen molar-refractivity contribution in [3.63, 3.8) is 0 Å². The fraction of sp³-hybridized carbons (Fsp3) is 0.286. The van der Waals surface area contributed by atoms with E-state index in [4.69, 9.17) is 9.52 Å². The minimum absolute atomic E-state index is 0.0762. The van der Waals surface area contributed by atoms with E-state index in [0.717, 1.165) is 5.56 Å². The summed E-state index contributed by atoms with van der Waals surface area (Å²) in [7, 11) is -2.20. The van der Waals surface area contributed by atoms with Gasteiger partial charge in [0.1, 0.15) is 23.0 Å². The second kappa shape index (κ2) is 5.30. The van der Waals surface area contributed by atoms with Gasteiger partial charge in [-0.05, 0) is 25.5 Å². The number of furan rings is 1. The number of nitrogens with zero attached hydrogens (tertiary/aromatic N) is 1. The van der Waals surface area contributed by atoms with Crippen molar-refractivity contribution in [3.8, 4) is 0 Å². The number of aryl methyl sites for hydroxylation is 2. The lowest BCUT2D eigenvalue weighted by molar-refractivity contribution is 0.244. The Morgan fingerprint density at radius 3 is 2.45 bits per heavy atom. The van der Waals surface area contributed by atoms with Crippen molar-refractivity contribution < 1.29 is 17.9 Å². The summed E-state index contributed by atoms with van der Waals surface area (Å²) in [6, 6.07) is 8.60. The minimum atomic E-state index is -3.71. The fourth-order valence-corrected chi connectivity index (χ4v) is 3.50. The molecule has 0 aliphatic rings. The summed E-state index contributed by atoms with van der Waals surface area (Å²) in [5, 5.41) is 9.04. The highest BCUT2D eigenvalue weighted by Crippen LogP contribution is 2.28. The molecule has 2 aromatic rings. The molecule has 0 spiro atoms. The lowest BCUT2D eigenvalue weighted by Gasteiger charge is -2.20. The molecule has 1 heterocycles. The summed E-state index contributed by atoms with van der Waals surface area (Å²) in [4.78, 5) is 0.0762. The zero-order chi connectivity index (χ0) is 14.9. The van der Waals surface area contributed by atoms with Crippen LogP contribution in [-0.2, 0) is 16.6 Å². The van der Waals surface area contributed by atoms with E-state index in [-0.39, 0.29) is 23.0 Å². The first-order valence-corrected chi connectivity index (χ1v) is 7.56. The van der Waals surface area contributed by atoms with Gasteiger partial charge in [-0.3, -0.25) is 4.31 Å². The van der Waals surface area contributed by atoms with E-state index in [2.05, 4.69) is 0 Å². The molecule has 0 aliphatic heterocycles. The van der Waals surface area contributed by atoms with Crippen LogP contribution in [0.3, 0.4) is 0 Å². The molecule has 20 heavy (non-hydrogen) atoms. The maximum Gasteiger partial charge on any atom is 0.267 e. The van der Waals surface area contributed by atoms with Crippen LogP contribution >= 0.6 is 0 Å². The van der Waals surface area contributed by atoms with Gasteiger partial charge in [-0.15, -0.1) is 0 Å². The number of anilines is 1. The number of aliphatic hydroxyl groups is 1. The summed E-state index contributed by atoms with van der Waals surface area (Å²) in [6.45, 7) is 3.09. The minimum Gasteiger partial charge on any atom is -0.462 e. The van der Waals surface area contributed by atoms with Crippen LogP contribution < -0.4 is 4.31 Å². The Labute approximate surface area is 118 Å². The Kier molecular flexibility index (Phi) is 3.87. The third-order valence-electron chi connectivity index (χ3n) is 3.17. The van der Waals surface area contributed by atoms with E-state index in [1.165, 1.54) is 17.4 Å². The highest BCUT2D eigenvalue weighted by molar-refractivity contribution is 7.92. The van der Waals surface area contributed by atoms with Crippen molar-refractivity contribution in [2.45, 2.75) is 25.3 Å². The molecular weight excluding hydrogens is 278 g/mol. The van der Waals surface area contributed by atoms with Gasteiger partial charge in [-0.1, -0.05) is 18.2 Å². The molecule has 1 N–H and O–H groups in total. The maximum absolute atomic E-state index is 12.6. The molecule has 108 valence electrons. The first-order chi connectivity index (χ1) is 9.37. The van der Waals surface area contributed by atoms with Crippen LogP contribution in [0.1, 0.15) is 17.1 Å². The van der Waals surface area contributed by atoms with Crippen LogP contribution in [0.2, 0.25) is 0 Å². The molecule has 0 bridgehead atoms. The lowest BCUT2D eigenvalue weighted by atomic mass is 10.2. The zero-order valence-corrected chi connectivity index (χ0v) is 12.4. The molecule has 0 amide bonds. The molecule has 0 atom stereocenters. The summed E-state index contributed by atoms with van der Waals surface area (Å²) in [5.74, 6) is 0.508. The monoisotopic (exact) mass is 295 g/mol. The van der Waals surface area contributed by atoms with E-state index in [1.807, 2.05) is 19.1 Å². The Bertz CT molecular complexity index is 719. The largest absolute Gasteiger partial charge is 0.462 e. The highest BCUT2D eigenvalue weighted by atomic mass is 32.2. The van der Waals surface area contributed by atoms with Crippen LogP contribution in [0.25, 0.3) is 0 Å². The molecule has 0 saturated heterocycles. The topological polar surface area (TPSA) is 70.8 Å². The number of hydrogen-bond donors (Lipinski definition) is 1. The highest BCUT2D eigenvalue weighted by Gasteiger charge is 2.27. The number of rotatable bonds is 4. The zero-order valence-electron chi connectivity index (χ0n) is 11.6. The van der Waals surface area contributed by atoms with Crippen molar-refractivity contribution in [2.75, 3.05) is 11.4 Å². The molecule has 0 unspecified atom stereocenters. The summed E-state index contributed by atoms with van der Waals surface area (Å²) >= 11 is 0. The quantitative estimate of drug-likeness (QED) is 0.939. The van der Waals surface area contributed by atoms with Gasteiger partial charge < -0.3 is 9.52 Å². The van der Waals surface area contributed by atoms with Gasteiger partial charge in [0.15, 0.2) is 0 Å². The van der Waals surface area contributed by atoms with Crippen molar-refractivity contribution in [2.24, 2.45) is 0 Å². The maximum atomic E-state index is 12.6. The van der Waals surface area contributed by atoms with Crippen molar-refractivity contribution in [1.29, 1.82) is 0 Å². The molecule has 0 aliphatic carbocycles. The molecule has 2 rings (SSSR count). The number of para-hydroxylation sites is 1. The van der Waals surface area contributed by atoms with E-state index in [1.54, 1.807) is 19.1 Å². The smallest absolute Gasteiger partial charge is 0.267 e. The third kappa shape index (κ3) is 2.44. The number of sulfonamides is 1. The van der Waals surface area contributed by atoms with Gasteiger partial charge in [0.25, 0.3) is 10.0 Å². The molecule has 1 aromatic heterocycles. The fourth-order valence-electron chi connectivity index (χ4n) is 2.05. The predicted molar refractivity (Wildman–Crippen MR) is 76.1 cm³/mol. The van der Waals surface area contributed by atoms with E-state index < -0.39 is 10.0 Å². The van der Waals surface area contributed by atoms with Gasteiger partial charge in [0.2, 0.25) is 0 Å². The molecule has 6 heteroatoms. The van der Waals surface area contributed by atoms with Gasteiger partial charge in [0, 0.05) is 13.1 Å². The van der Waals surface area contributed by atoms with Crippen LogP contribution in [0.5, 0.6) is 0 Å². The Morgan fingerprint density at radius 2 is 1.90 bits per heavy atom. The van der Waals surface area contributed by atoms with Gasteiger partial charge >= 0.3 is 0 Å². The van der Waals surface area contributed by atoms with Crippen molar-refractivity contribution in [1.82, 2.24) is 0 Å². The summed E-state index contributed by atoms with van der Waals surface area (Å²) in [5.41, 5.74) is 1.47. The molecule has 5 nitrogen and oxygen atoms in total. The number of hydrogen-bond acceptors (Lipinski definition) is 4. The van der Waals surface area contributed by atoms with Crippen LogP contribution in [0, 0.1) is 13.8 Å². The Balaban J connectivity index is 2.49. The van der Waals surface area contributed by atoms with E-state index >= 15 is 0 Å². The normalized spacial score (nSPS) is 11.6. The standard InChI is InChI=1S/C14H17NO4S/c1-10-6-4-5-7-13(10)15(3)20(17,18)14-8-12(9-16)19-11(14)2/h4-8,16H,9H2,1-3H3. The van der Waals surface area contributed by atoms with Crippen molar-refractivity contribution in [3.05, 3.63) is 47.4 Å². The van der Waals surface area contributed by atoms with Crippen molar-refractivity contribution >= 4 is 15.7 Å². The van der Waals surface area contributed by atoms with Crippen LogP contribution in [-0.4, -0.2) is 20.6 Å². The van der Waals surface area contributed by atoms with Crippen LogP contribution in [0.15, 0.2) is 39.6 Å². The Hall–Kier alpha value is -1.79. The molecule has 0 fully saturated rings. The first-order valence-electron chi connectivity index (χ1n) is 6.12. The van der Waals surface area contributed by atoms with Crippen LogP contribution in [0.4, 0.5) is 5.69 Å². The van der Waals surface area contributed by atoms with E-state index in [9.17, 15) is 8.42 Å². The van der Waals surface area contributed by atoms with E-state index in [0.29, 0.717) is 5.69 Å². The molecular formula is C14H17NO4S. The lowest BCUT2D eigenvalue weighted by Crippen LogP contribution is -2.27. The first kappa shape index (κ1) is 14.6. The SMILES string of the molecule is Cc1ccccc1N(C)S(=O)(=O)c1cc(CO)oc1C. The van der Waals surface area contributed by atoms with Gasteiger partial charge in [-0.25, -0.2) is 8.42 Å². The summed E-state index contributed by atoms with van der Waals surface area (Å²) < 4.78 is 31.7. The Morgan fingerprint density at radius 1 is 1.25 bits per heavy atom. The number of aliphatic hydroxyl groups excluding tert-OH is 1. The number of benzene rings is 1. The van der Waals surface area contributed by atoms with Gasteiger partial charge in [0.05, 0.1) is 5.69 Å². The third-order valence-corrected chi connectivity index (χ3v) is 5.05. The molecule has 0 radical (unpaired) electrons. The van der Waals surface area contributed by atoms with Gasteiger partial charge in [-0.2, -0.15) is 0 Å². The average molecular weight is 295 g/mol. The summed E-state index contributed by atoms with van der Waals surface area (Å²) in [6.07, 6.45) is 0. The second-order valence-corrected chi connectivity index (χ2v) is 6.49. The molecule has 1 aromatic carbocycles.